The molecule has 1 aliphatic rings. The van der Waals surface area contributed by atoms with Gasteiger partial charge in [-0.25, -0.2) is 0 Å². The average Bonchev–Trinajstić information content (AvgIpc) is 2.60. The van der Waals surface area contributed by atoms with Crippen molar-refractivity contribution < 1.29 is 9.59 Å². The number of nitrogens with zero attached hydrogens (tertiary/aromatic N) is 2. The molecule has 0 saturated carbocycles. The summed E-state index contributed by atoms with van der Waals surface area (Å²) in [5.74, 6) is -0.0180. The van der Waals surface area contributed by atoms with Crippen LogP contribution in [0.5, 0.6) is 0 Å². The minimum absolute atomic E-state index is 0. The van der Waals surface area contributed by atoms with E-state index in [0.29, 0.717) is 32.7 Å². The molecular formula is C20H34Cl2N4O2. The van der Waals surface area contributed by atoms with Crippen LogP contribution in [0.1, 0.15) is 33.3 Å². The molecule has 0 aromatic heterocycles. The Hall–Kier alpha value is -1.34. The number of anilines is 1. The number of benzene rings is 1. The molecule has 0 bridgehead atoms. The van der Waals surface area contributed by atoms with E-state index in [0.717, 1.165) is 17.7 Å². The zero-order valence-corrected chi connectivity index (χ0v) is 18.9. The Morgan fingerprint density at radius 3 is 2.21 bits per heavy atom. The van der Waals surface area contributed by atoms with E-state index in [1.165, 1.54) is 0 Å². The highest BCUT2D eigenvalue weighted by Gasteiger charge is 2.32. The standard InChI is InChI=1S/C20H32N4O2.2ClH/c1-5-15-8-6-7-9-16(15)22-17(25)14-23-10-12-24(13-11-23)19(26)18(21)20(2,3)4;;/h6-9,18H,5,10-14,21H2,1-4H3,(H,22,25);2*1H/t18-;;/m1../s1. The summed E-state index contributed by atoms with van der Waals surface area (Å²) < 4.78 is 0. The van der Waals surface area contributed by atoms with Gasteiger partial charge in [-0.2, -0.15) is 0 Å². The predicted molar refractivity (Wildman–Crippen MR) is 119 cm³/mol. The zero-order chi connectivity index (χ0) is 19.3. The fourth-order valence-corrected chi connectivity index (χ4v) is 3.04. The van der Waals surface area contributed by atoms with Gasteiger partial charge in [-0.1, -0.05) is 45.9 Å². The van der Waals surface area contributed by atoms with Gasteiger partial charge in [0.15, 0.2) is 0 Å². The number of aryl methyl sites for hydroxylation is 1. The lowest BCUT2D eigenvalue weighted by Gasteiger charge is -2.37. The van der Waals surface area contributed by atoms with Crippen LogP contribution in [0, 0.1) is 5.41 Å². The van der Waals surface area contributed by atoms with Gasteiger partial charge in [-0.3, -0.25) is 14.5 Å². The summed E-state index contributed by atoms with van der Waals surface area (Å²) >= 11 is 0. The van der Waals surface area contributed by atoms with Gasteiger partial charge in [0.1, 0.15) is 0 Å². The highest BCUT2D eigenvalue weighted by atomic mass is 35.5. The van der Waals surface area contributed by atoms with E-state index in [1.54, 1.807) is 0 Å². The molecule has 0 spiro atoms. The van der Waals surface area contributed by atoms with Crippen molar-refractivity contribution in [1.82, 2.24) is 9.80 Å². The summed E-state index contributed by atoms with van der Waals surface area (Å²) in [6.45, 7) is 10.9. The van der Waals surface area contributed by atoms with Crippen LogP contribution in [-0.2, 0) is 16.0 Å². The van der Waals surface area contributed by atoms with Crippen molar-refractivity contribution in [3.05, 3.63) is 29.8 Å². The van der Waals surface area contributed by atoms with Gasteiger partial charge in [0.2, 0.25) is 11.8 Å². The normalized spacial score (nSPS) is 15.8. The monoisotopic (exact) mass is 432 g/mol. The van der Waals surface area contributed by atoms with Crippen LogP contribution < -0.4 is 11.1 Å². The summed E-state index contributed by atoms with van der Waals surface area (Å²) in [6.07, 6.45) is 0.880. The van der Waals surface area contributed by atoms with E-state index < -0.39 is 6.04 Å². The molecular weight excluding hydrogens is 399 g/mol. The highest BCUT2D eigenvalue weighted by Crippen LogP contribution is 2.20. The molecule has 2 rings (SSSR count). The lowest BCUT2D eigenvalue weighted by atomic mass is 9.86. The smallest absolute Gasteiger partial charge is 0.240 e. The van der Waals surface area contributed by atoms with E-state index in [1.807, 2.05) is 49.9 Å². The lowest BCUT2D eigenvalue weighted by molar-refractivity contribution is -0.136. The molecule has 1 atom stereocenters. The van der Waals surface area contributed by atoms with E-state index in [2.05, 4.69) is 17.1 Å². The largest absolute Gasteiger partial charge is 0.339 e. The van der Waals surface area contributed by atoms with Crippen LogP contribution in [0.15, 0.2) is 24.3 Å². The molecule has 1 saturated heterocycles. The molecule has 28 heavy (non-hydrogen) atoms. The van der Waals surface area contributed by atoms with Gasteiger partial charge in [-0.05, 0) is 23.5 Å². The number of amides is 2. The molecule has 160 valence electrons. The van der Waals surface area contributed by atoms with E-state index in [9.17, 15) is 9.59 Å². The molecule has 6 nitrogen and oxygen atoms in total. The number of halogens is 2. The minimum atomic E-state index is -0.497. The molecule has 3 N–H and O–H groups in total. The van der Waals surface area contributed by atoms with Crippen molar-refractivity contribution in [2.75, 3.05) is 38.0 Å². The minimum Gasteiger partial charge on any atom is -0.339 e. The van der Waals surface area contributed by atoms with Crippen molar-refractivity contribution >= 4 is 42.3 Å². The van der Waals surface area contributed by atoms with Crippen molar-refractivity contribution in [2.45, 2.75) is 40.2 Å². The molecule has 0 aliphatic carbocycles. The van der Waals surface area contributed by atoms with Crippen LogP contribution in [0.2, 0.25) is 0 Å². The molecule has 0 unspecified atom stereocenters. The number of carbonyl (C=O) groups excluding carboxylic acids is 2. The maximum absolute atomic E-state index is 12.5. The van der Waals surface area contributed by atoms with Gasteiger partial charge < -0.3 is 16.0 Å². The third-order valence-electron chi connectivity index (χ3n) is 4.92. The van der Waals surface area contributed by atoms with Crippen LogP contribution in [0.4, 0.5) is 5.69 Å². The van der Waals surface area contributed by atoms with Crippen LogP contribution in [0.3, 0.4) is 0 Å². The second kappa shape index (κ2) is 11.6. The second-order valence-corrected chi connectivity index (χ2v) is 8.00. The first kappa shape index (κ1) is 26.7. The quantitative estimate of drug-likeness (QED) is 0.748. The fourth-order valence-electron chi connectivity index (χ4n) is 3.04. The lowest BCUT2D eigenvalue weighted by Crippen LogP contribution is -2.56. The summed E-state index contributed by atoms with van der Waals surface area (Å²) in [5, 5.41) is 3.00. The summed E-state index contributed by atoms with van der Waals surface area (Å²) in [6, 6.07) is 7.37. The van der Waals surface area contributed by atoms with E-state index in [4.69, 9.17) is 5.73 Å². The van der Waals surface area contributed by atoms with Crippen molar-refractivity contribution in [1.29, 1.82) is 0 Å². The molecule has 1 aliphatic heterocycles. The van der Waals surface area contributed by atoms with Crippen LogP contribution in [-0.4, -0.2) is 60.4 Å². The third kappa shape index (κ3) is 7.24. The molecule has 2 amide bonds. The number of rotatable bonds is 5. The van der Waals surface area contributed by atoms with Gasteiger partial charge in [-0.15, -0.1) is 24.8 Å². The summed E-state index contributed by atoms with van der Waals surface area (Å²) in [7, 11) is 0. The highest BCUT2D eigenvalue weighted by molar-refractivity contribution is 5.93. The number of carbonyl (C=O) groups is 2. The molecule has 1 fully saturated rings. The van der Waals surface area contributed by atoms with Crippen LogP contribution >= 0.6 is 24.8 Å². The van der Waals surface area contributed by atoms with Crippen LogP contribution in [0.25, 0.3) is 0 Å². The Balaban J connectivity index is 0.00000364. The molecule has 0 radical (unpaired) electrons. The molecule has 8 heteroatoms. The topological polar surface area (TPSA) is 78.7 Å². The summed E-state index contributed by atoms with van der Waals surface area (Å²) in [5.41, 5.74) is 7.85. The Labute approximate surface area is 181 Å². The van der Waals surface area contributed by atoms with Crippen molar-refractivity contribution in [3.63, 3.8) is 0 Å². The maximum atomic E-state index is 12.5. The Morgan fingerprint density at radius 1 is 1.11 bits per heavy atom. The maximum Gasteiger partial charge on any atom is 0.240 e. The number of piperazine rings is 1. The number of nitrogens with two attached hydrogens (primary N) is 1. The SMILES string of the molecule is CCc1ccccc1NC(=O)CN1CCN(C(=O)[C@@H](N)C(C)(C)C)CC1.Cl.Cl. The third-order valence-corrected chi connectivity index (χ3v) is 4.92. The molecule has 1 aromatic rings. The predicted octanol–water partition coefficient (Wildman–Crippen LogP) is 2.55. The van der Waals surface area contributed by atoms with Gasteiger partial charge >= 0.3 is 0 Å². The molecule has 1 heterocycles. The number of hydrogen-bond donors (Lipinski definition) is 2. The summed E-state index contributed by atoms with van der Waals surface area (Å²) in [4.78, 5) is 28.7. The first-order valence-corrected chi connectivity index (χ1v) is 9.37. The van der Waals surface area contributed by atoms with Gasteiger partial charge in [0, 0.05) is 31.9 Å². The van der Waals surface area contributed by atoms with Gasteiger partial charge in [0.25, 0.3) is 0 Å². The average molecular weight is 433 g/mol. The first-order chi connectivity index (χ1) is 12.2. The van der Waals surface area contributed by atoms with E-state index in [-0.39, 0.29) is 42.0 Å². The number of para-hydroxylation sites is 1. The fraction of sp³-hybridized carbons (Fsp3) is 0.600. The van der Waals surface area contributed by atoms with Gasteiger partial charge in [0.05, 0.1) is 12.6 Å². The Morgan fingerprint density at radius 2 is 1.68 bits per heavy atom. The van der Waals surface area contributed by atoms with E-state index >= 15 is 0 Å². The number of hydrogen-bond acceptors (Lipinski definition) is 4. The number of nitrogens with one attached hydrogen (secondary N) is 1. The first-order valence-electron chi connectivity index (χ1n) is 9.37. The second-order valence-electron chi connectivity index (χ2n) is 8.00. The zero-order valence-electron chi connectivity index (χ0n) is 17.2. The molecule has 1 aromatic carbocycles. The Kier molecular flexibility index (Phi) is 11.1. The Bertz CT molecular complexity index is 641. The van der Waals surface area contributed by atoms with Crippen molar-refractivity contribution in [3.8, 4) is 0 Å². The van der Waals surface area contributed by atoms with Crippen molar-refractivity contribution in [2.24, 2.45) is 11.1 Å².